The number of halogens is 1. The third-order valence-electron chi connectivity index (χ3n) is 3.41. The molecule has 1 aromatic rings. The summed E-state index contributed by atoms with van der Waals surface area (Å²) in [6, 6.07) is 2.11. The van der Waals surface area contributed by atoms with E-state index in [1.165, 1.54) is 23.3 Å². The fourth-order valence-corrected chi connectivity index (χ4v) is 4.02. The average Bonchev–Trinajstić information content (AvgIpc) is 2.86. The van der Waals surface area contributed by atoms with Gasteiger partial charge in [-0.1, -0.05) is 15.9 Å². The van der Waals surface area contributed by atoms with Crippen LogP contribution in [0.3, 0.4) is 0 Å². The quantitative estimate of drug-likeness (QED) is 0.741. The third-order valence-corrected chi connectivity index (χ3v) is 4.99. The number of rotatable bonds is 6. The standard InChI is InChI=1S/C14H20BrNO2S/c1-18-9-8-16(7-6-15)14(17)13-10-11-4-2-3-5-12(11)19-13/h10H,2-9H2,1H3. The van der Waals surface area contributed by atoms with Crippen molar-refractivity contribution < 1.29 is 9.53 Å². The molecule has 0 aromatic carbocycles. The molecule has 106 valence electrons. The van der Waals surface area contributed by atoms with Crippen LogP contribution < -0.4 is 0 Å². The fraction of sp³-hybridized carbons (Fsp3) is 0.643. The van der Waals surface area contributed by atoms with Crippen molar-refractivity contribution in [1.29, 1.82) is 0 Å². The molecule has 0 radical (unpaired) electrons. The Bertz CT molecular complexity index is 410. The van der Waals surface area contributed by atoms with E-state index in [1.807, 2.05) is 4.90 Å². The van der Waals surface area contributed by atoms with Gasteiger partial charge in [0.15, 0.2) is 0 Å². The summed E-state index contributed by atoms with van der Waals surface area (Å²) in [6.07, 6.45) is 4.79. The second-order valence-electron chi connectivity index (χ2n) is 4.74. The highest BCUT2D eigenvalue weighted by Crippen LogP contribution is 2.30. The van der Waals surface area contributed by atoms with Crippen LogP contribution in [0, 0.1) is 0 Å². The smallest absolute Gasteiger partial charge is 0.264 e. The van der Waals surface area contributed by atoms with Crippen LogP contribution in [-0.4, -0.2) is 42.9 Å². The summed E-state index contributed by atoms with van der Waals surface area (Å²) >= 11 is 5.09. The molecule has 0 saturated carbocycles. The SMILES string of the molecule is COCCN(CCBr)C(=O)c1cc2c(s1)CCCC2. The van der Waals surface area contributed by atoms with E-state index in [1.54, 1.807) is 18.4 Å². The van der Waals surface area contributed by atoms with E-state index in [4.69, 9.17) is 4.74 Å². The Morgan fingerprint density at radius 2 is 2.21 bits per heavy atom. The number of aryl methyl sites for hydroxylation is 2. The number of carbonyl (C=O) groups excluding carboxylic acids is 1. The number of amides is 1. The Balaban J connectivity index is 2.09. The number of hydrogen-bond acceptors (Lipinski definition) is 3. The second kappa shape index (κ2) is 7.41. The summed E-state index contributed by atoms with van der Waals surface area (Å²) in [5.41, 5.74) is 1.39. The Morgan fingerprint density at radius 3 is 2.89 bits per heavy atom. The molecule has 1 aliphatic carbocycles. The lowest BCUT2D eigenvalue weighted by Gasteiger charge is -2.20. The zero-order valence-electron chi connectivity index (χ0n) is 11.3. The van der Waals surface area contributed by atoms with Gasteiger partial charge in [0.05, 0.1) is 11.5 Å². The van der Waals surface area contributed by atoms with E-state index in [2.05, 4.69) is 22.0 Å². The van der Waals surface area contributed by atoms with Gasteiger partial charge in [-0.15, -0.1) is 11.3 Å². The molecule has 1 amide bonds. The topological polar surface area (TPSA) is 29.5 Å². The number of nitrogens with zero attached hydrogens (tertiary/aromatic N) is 1. The zero-order valence-corrected chi connectivity index (χ0v) is 13.7. The molecule has 1 aliphatic rings. The number of hydrogen-bond donors (Lipinski definition) is 0. The molecule has 5 heteroatoms. The Kier molecular flexibility index (Phi) is 5.85. The molecule has 0 N–H and O–H groups in total. The van der Waals surface area contributed by atoms with E-state index in [0.29, 0.717) is 13.2 Å². The summed E-state index contributed by atoms with van der Waals surface area (Å²) in [4.78, 5) is 16.7. The number of ether oxygens (including phenoxy) is 1. The molecule has 0 spiro atoms. The molecule has 19 heavy (non-hydrogen) atoms. The molecular weight excluding hydrogens is 326 g/mol. The lowest BCUT2D eigenvalue weighted by atomic mass is 9.99. The Labute approximate surface area is 127 Å². The number of alkyl halides is 1. The number of thiophene rings is 1. The van der Waals surface area contributed by atoms with Crippen LogP contribution in [0.4, 0.5) is 0 Å². The highest BCUT2D eigenvalue weighted by Gasteiger charge is 2.21. The van der Waals surface area contributed by atoms with E-state index in [0.717, 1.165) is 29.6 Å². The van der Waals surface area contributed by atoms with E-state index in [-0.39, 0.29) is 5.91 Å². The fourth-order valence-electron chi connectivity index (χ4n) is 2.37. The van der Waals surface area contributed by atoms with Crippen molar-refractivity contribution in [3.05, 3.63) is 21.4 Å². The van der Waals surface area contributed by atoms with Crippen molar-refractivity contribution in [3.8, 4) is 0 Å². The first kappa shape index (κ1) is 15.0. The van der Waals surface area contributed by atoms with Crippen LogP contribution in [-0.2, 0) is 17.6 Å². The minimum Gasteiger partial charge on any atom is -0.383 e. The molecule has 0 saturated heterocycles. The minimum atomic E-state index is 0.149. The molecule has 0 bridgehead atoms. The number of carbonyl (C=O) groups is 1. The predicted octanol–water partition coefficient (Wildman–Crippen LogP) is 3.11. The van der Waals surface area contributed by atoms with E-state index >= 15 is 0 Å². The molecule has 3 nitrogen and oxygen atoms in total. The largest absolute Gasteiger partial charge is 0.383 e. The maximum atomic E-state index is 12.5. The molecule has 2 rings (SSSR count). The Hall–Kier alpha value is -0.390. The molecular formula is C14H20BrNO2S. The van der Waals surface area contributed by atoms with Gasteiger partial charge in [0.25, 0.3) is 5.91 Å². The normalized spacial score (nSPS) is 14.2. The van der Waals surface area contributed by atoms with Crippen molar-refractivity contribution >= 4 is 33.2 Å². The van der Waals surface area contributed by atoms with Crippen LogP contribution in [0.5, 0.6) is 0 Å². The number of methoxy groups -OCH3 is 1. The van der Waals surface area contributed by atoms with E-state index in [9.17, 15) is 4.79 Å². The van der Waals surface area contributed by atoms with Crippen molar-refractivity contribution in [2.45, 2.75) is 25.7 Å². The molecule has 0 aliphatic heterocycles. The summed E-state index contributed by atoms with van der Waals surface area (Å²) < 4.78 is 5.08. The number of fused-ring (bicyclic) bond motifs is 1. The van der Waals surface area contributed by atoms with Crippen LogP contribution in [0.2, 0.25) is 0 Å². The second-order valence-corrected chi connectivity index (χ2v) is 6.67. The van der Waals surface area contributed by atoms with Gasteiger partial charge in [0.2, 0.25) is 0 Å². The highest BCUT2D eigenvalue weighted by atomic mass is 79.9. The van der Waals surface area contributed by atoms with Crippen molar-refractivity contribution in [2.75, 3.05) is 32.1 Å². The first-order chi connectivity index (χ1) is 9.26. The molecule has 0 atom stereocenters. The Morgan fingerprint density at radius 1 is 1.42 bits per heavy atom. The molecule has 1 aromatic heterocycles. The highest BCUT2D eigenvalue weighted by molar-refractivity contribution is 9.09. The zero-order chi connectivity index (χ0) is 13.7. The third kappa shape index (κ3) is 3.80. The van der Waals surface area contributed by atoms with E-state index < -0.39 is 0 Å². The van der Waals surface area contributed by atoms with Gasteiger partial charge in [0.1, 0.15) is 0 Å². The van der Waals surface area contributed by atoms with Crippen molar-refractivity contribution in [2.24, 2.45) is 0 Å². The minimum absolute atomic E-state index is 0.149. The predicted molar refractivity (Wildman–Crippen MR) is 82.5 cm³/mol. The van der Waals surface area contributed by atoms with Crippen molar-refractivity contribution in [1.82, 2.24) is 4.90 Å². The average molecular weight is 346 g/mol. The molecule has 0 unspecified atom stereocenters. The van der Waals surface area contributed by atoms with Gasteiger partial charge in [0, 0.05) is 30.4 Å². The monoisotopic (exact) mass is 345 g/mol. The molecule has 1 heterocycles. The van der Waals surface area contributed by atoms with Gasteiger partial charge in [-0.2, -0.15) is 0 Å². The summed E-state index contributed by atoms with van der Waals surface area (Å²) in [5.74, 6) is 0.149. The van der Waals surface area contributed by atoms with Crippen LogP contribution in [0.25, 0.3) is 0 Å². The summed E-state index contributed by atoms with van der Waals surface area (Å²) in [6.45, 7) is 1.97. The summed E-state index contributed by atoms with van der Waals surface area (Å²) in [7, 11) is 1.67. The lowest BCUT2D eigenvalue weighted by Crippen LogP contribution is -2.35. The van der Waals surface area contributed by atoms with Gasteiger partial charge >= 0.3 is 0 Å². The summed E-state index contributed by atoms with van der Waals surface area (Å²) in [5, 5.41) is 0.799. The molecule has 0 fully saturated rings. The maximum absolute atomic E-state index is 12.5. The first-order valence-corrected chi connectivity index (χ1v) is 8.66. The van der Waals surface area contributed by atoms with Gasteiger partial charge in [-0.05, 0) is 37.3 Å². The van der Waals surface area contributed by atoms with Crippen molar-refractivity contribution in [3.63, 3.8) is 0 Å². The van der Waals surface area contributed by atoms with Crippen LogP contribution in [0.15, 0.2) is 6.07 Å². The van der Waals surface area contributed by atoms with Gasteiger partial charge < -0.3 is 9.64 Å². The van der Waals surface area contributed by atoms with Gasteiger partial charge in [-0.25, -0.2) is 0 Å². The van der Waals surface area contributed by atoms with Crippen LogP contribution >= 0.6 is 27.3 Å². The lowest BCUT2D eigenvalue weighted by molar-refractivity contribution is 0.0713. The van der Waals surface area contributed by atoms with Crippen LogP contribution in [0.1, 0.15) is 33.0 Å². The first-order valence-electron chi connectivity index (χ1n) is 6.72. The van der Waals surface area contributed by atoms with Gasteiger partial charge in [-0.3, -0.25) is 4.79 Å². The maximum Gasteiger partial charge on any atom is 0.264 e.